The number of hydrogen-bond acceptors (Lipinski definition) is 5. The number of β-lactam (4-membered cyclic amide) rings is 1. The average Bonchev–Trinajstić information content (AvgIpc) is 2.54. The highest BCUT2D eigenvalue weighted by Crippen LogP contribution is 2.60. The number of aliphatic hydroxyl groups excluding tert-OH is 1. The molecule has 2 aliphatic heterocycles. The molecule has 1 amide bonds. The van der Waals surface area contributed by atoms with Crippen molar-refractivity contribution >= 4 is 23.6 Å². The summed E-state index contributed by atoms with van der Waals surface area (Å²) < 4.78 is -0.802. The zero-order valence-electron chi connectivity index (χ0n) is 11.5. The minimum absolute atomic E-state index is 0.0900. The van der Waals surface area contributed by atoms with Crippen molar-refractivity contribution in [1.82, 2.24) is 4.90 Å². The normalized spacial score (nSPS) is 40.3. The van der Waals surface area contributed by atoms with E-state index in [0.29, 0.717) is 0 Å². The molecule has 2 saturated heterocycles. The fraction of sp³-hybridized carbons (Fsp3) is 0.833. The van der Waals surface area contributed by atoms with E-state index >= 15 is 0 Å². The molecule has 2 heterocycles. The van der Waals surface area contributed by atoms with E-state index in [1.54, 1.807) is 13.8 Å². The van der Waals surface area contributed by atoms with Crippen molar-refractivity contribution in [3.05, 3.63) is 0 Å². The largest absolute Gasteiger partial charge is 0.479 e. The standard InChI is InChI=1S/C12H20N2O4S/c1-6(2)12(13)7(16)14-8(12)19-10(3,4)11(14,5-15)9(17)18/h6,8,15H,5,13H2,1-4H3,(H,17,18)/t8-,11+,12+/m1/s1. The van der Waals surface area contributed by atoms with Crippen LogP contribution in [0.3, 0.4) is 0 Å². The number of amides is 1. The zero-order valence-corrected chi connectivity index (χ0v) is 12.3. The first-order valence-corrected chi connectivity index (χ1v) is 7.10. The van der Waals surface area contributed by atoms with Crippen LogP contribution in [0.2, 0.25) is 0 Å². The van der Waals surface area contributed by atoms with Gasteiger partial charge in [-0.25, -0.2) is 4.79 Å². The van der Waals surface area contributed by atoms with E-state index in [9.17, 15) is 19.8 Å². The Balaban J connectivity index is 2.53. The van der Waals surface area contributed by atoms with Gasteiger partial charge in [0.1, 0.15) is 10.9 Å². The Kier molecular flexibility index (Phi) is 2.97. The Morgan fingerprint density at radius 2 is 2.05 bits per heavy atom. The molecular weight excluding hydrogens is 268 g/mol. The van der Waals surface area contributed by atoms with E-state index in [0.717, 1.165) is 0 Å². The summed E-state index contributed by atoms with van der Waals surface area (Å²) in [6.07, 6.45) is 0. The summed E-state index contributed by atoms with van der Waals surface area (Å²) in [6, 6.07) is 0. The number of carbonyl (C=O) groups is 2. The molecule has 2 fully saturated rings. The van der Waals surface area contributed by atoms with Crippen LogP contribution in [0.1, 0.15) is 27.7 Å². The van der Waals surface area contributed by atoms with Crippen LogP contribution in [-0.4, -0.2) is 54.8 Å². The number of nitrogens with zero attached hydrogens (tertiary/aromatic N) is 1. The fourth-order valence-corrected chi connectivity index (χ4v) is 4.94. The van der Waals surface area contributed by atoms with E-state index in [1.807, 2.05) is 13.8 Å². The third kappa shape index (κ3) is 1.35. The second kappa shape index (κ2) is 3.86. The Morgan fingerprint density at radius 3 is 2.42 bits per heavy atom. The first kappa shape index (κ1) is 14.6. The van der Waals surface area contributed by atoms with E-state index in [2.05, 4.69) is 0 Å². The van der Waals surface area contributed by atoms with Gasteiger partial charge in [-0.2, -0.15) is 0 Å². The average molecular weight is 288 g/mol. The Bertz CT molecular complexity index is 453. The second-order valence-electron chi connectivity index (χ2n) is 6.07. The minimum Gasteiger partial charge on any atom is -0.479 e. The first-order valence-electron chi connectivity index (χ1n) is 6.22. The smallest absolute Gasteiger partial charge is 0.333 e. The lowest BCUT2D eigenvalue weighted by Gasteiger charge is -2.56. The van der Waals surface area contributed by atoms with Crippen molar-refractivity contribution in [2.75, 3.05) is 6.61 Å². The van der Waals surface area contributed by atoms with Crippen LogP contribution >= 0.6 is 11.8 Å². The molecule has 19 heavy (non-hydrogen) atoms. The molecule has 7 heteroatoms. The molecule has 0 saturated carbocycles. The molecule has 6 nitrogen and oxygen atoms in total. The zero-order chi connectivity index (χ0) is 14.8. The molecule has 0 aliphatic carbocycles. The summed E-state index contributed by atoms with van der Waals surface area (Å²) in [7, 11) is 0. The molecule has 2 rings (SSSR count). The van der Waals surface area contributed by atoms with Gasteiger partial charge < -0.3 is 20.8 Å². The van der Waals surface area contributed by atoms with E-state index in [4.69, 9.17) is 5.73 Å². The van der Waals surface area contributed by atoms with Crippen LogP contribution in [0.4, 0.5) is 0 Å². The predicted molar refractivity (Wildman–Crippen MR) is 71.5 cm³/mol. The van der Waals surface area contributed by atoms with Gasteiger partial charge in [-0.3, -0.25) is 4.79 Å². The number of nitrogens with two attached hydrogens (primary N) is 1. The van der Waals surface area contributed by atoms with Gasteiger partial charge in [-0.1, -0.05) is 13.8 Å². The number of thioether (sulfide) groups is 1. The number of carboxylic acid groups (broad SMARTS) is 1. The van der Waals surface area contributed by atoms with Crippen molar-refractivity contribution in [2.24, 2.45) is 11.7 Å². The van der Waals surface area contributed by atoms with Crippen LogP contribution in [0.25, 0.3) is 0 Å². The Hall–Kier alpha value is -0.790. The molecule has 3 atom stereocenters. The summed E-state index contributed by atoms with van der Waals surface area (Å²) >= 11 is 1.36. The van der Waals surface area contributed by atoms with Crippen LogP contribution in [-0.2, 0) is 9.59 Å². The summed E-state index contributed by atoms with van der Waals surface area (Å²) in [5.41, 5.74) is 3.54. The molecule has 0 aromatic heterocycles. The van der Waals surface area contributed by atoms with Gasteiger partial charge in [0.25, 0.3) is 0 Å². The maximum absolute atomic E-state index is 12.4. The van der Waals surface area contributed by atoms with Crippen LogP contribution in [0.15, 0.2) is 0 Å². The second-order valence-corrected chi connectivity index (χ2v) is 7.77. The quantitative estimate of drug-likeness (QED) is 0.624. The lowest BCUT2D eigenvalue weighted by Crippen LogP contribution is -2.83. The Labute approximate surface area is 116 Å². The molecule has 0 aromatic rings. The van der Waals surface area contributed by atoms with E-state index < -0.39 is 33.8 Å². The number of carboxylic acids is 1. The molecule has 2 aliphatic rings. The van der Waals surface area contributed by atoms with Gasteiger partial charge in [0.15, 0.2) is 5.54 Å². The maximum Gasteiger partial charge on any atom is 0.333 e. The van der Waals surface area contributed by atoms with Gasteiger partial charge in [0.2, 0.25) is 5.91 Å². The topological polar surface area (TPSA) is 104 Å². The van der Waals surface area contributed by atoms with Crippen molar-refractivity contribution in [2.45, 2.75) is 48.9 Å². The van der Waals surface area contributed by atoms with Gasteiger partial charge >= 0.3 is 5.97 Å². The third-order valence-electron chi connectivity index (χ3n) is 4.58. The summed E-state index contributed by atoms with van der Waals surface area (Å²) in [6.45, 7) is 6.55. The van der Waals surface area contributed by atoms with Gasteiger partial charge in [0, 0.05) is 4.75 Å². The van der Waals surface area contributed by atoms with Crippen molar-refractivity contribution < 1.29 is 19.8 Å². The number of hydrogen-bond donors (Lipinski definition) is 3. The lowest BCUT2D eigenvalue weighted by molar-refractivity contribution is -0.182. The van der Waals surface area contributed by atoms with Gasteiger partial charge in [-0.15, -0.1) is 11.8 Å². The minimum atomic E-state index is -1.60. The van der Waals surface area contributed by atoms with Crippen LogP contribution < -0.4 is 5.73 Å². The highest BCUT2D eigenvalue weighted by molar-refractivity contribution is 8.01. The van der Waals surface area contributed by atoms with Gasteiger partial charge in [-0.05, 0) is 19.8 Å². The number of fused-ring (bicyclic) bond motifs is 1. The van der Waals surface area contributed by atoms with E-state index in [1.165, 1.54) is 16.7 Å². The number of aliphatic carboxylic acids is 1. The molecule has 108 valence electrons. The summed E-state index contributed by atoms with van der Waals surface area (Å²) in [5, 5.41) is 18.8. The maximum atomic E-state index is 12.4. The van der Waals surface area contributed by atoms with Crippen molar-refractivity contribution in [3.8, 4) is 0 Å². The molecule has 0 spiro atoms. The SMILES string of the molecule is CC(C)[C@]1(N)C(=O)N2[C@@H]1SC(C)(C)[C@]2(CO)C(=O)O. The number of aliphatic hydroxyl groups is 1. The highest BCUT2D eigenvalue weighted by atomic mass is 32.2. The Morgan fingerprint density at radius 1 is 1.53 bits per heavy atom. The van der Waals surface area contributed by atoms with Gasteiger partial charge in [0.05, 0.1) is 6.61 Å². The predicted octanol–water partition coefficient (Wildman–Crippen LogP) is -0.151. The monoisotopic (exact) mass is 288 g/mol. The molecule has 0 radical (unpaired) electrons. The van der Waals surface area contributed by atoms with Crippen LogP contribution in [0.5, 0.6) is 0 Å². The fourth-order valence-electron chi connectivity index (χ4n) is 2.99. The number of rotatable bonds is 3. The molecule has 0 unspecified atom stereocenters. The molecule has 4 N–H and O–H groups in total. The van der Waals surface area contributed by atoms with E-state index in [-0.39, 0.29) is 11.8 Å². The lowest BCUT2D eigenvalue weighted by atomic mass is 9.73. The summed E-state index contributed by atoms with van der Waals surface area (Å²) in [4.78, 5) is 25.3. The summed E-state index contributed by atoms with van der Waals surface area (Å²) in [5.74, 6) is -1.66. The molecule has 0 bridgehead atoms. The molecule has 0 aromatic carbocycles. The molecular formula is C12H20N2O4S. The van der Waals surface area contributed by atoms with Crippen molar-refractivity contribution in [1.29, 1.82) is 0 Å². The van der Waals surface area contributed by atoms with Crippen molar-refractivity contribution in [3.63, 3.8) is 0 Å². The number of carbonyl (C=O) groups excluding carboxylic acids is 1. The third-order valence-corrected chi connectivity index (χ3v) is 6.33. The highest BCUT2D eigenvalue weighted by Gasteiger charge is 2.77. The van der Waals surface area contributed by atoms with Crippen LogP contribution in [0, 0.1) is 5.92 Å². The first-order chi connectivity index (χ1) is 8.57.